The topological polar surface area (TPSA) is 68.9 Å². The van der Waals surface area contributed by atoms with Gasteiger partial charge in [0.2, 0.25) is 0 Å². The summed E-state index contributed by atoms with van der Waals surface area (Å²) >= 11 is 0. The Bertz CT molecular complexity index is 448. The second kappa shape index (κ2) is 9.97. The molecule has 0 aromatic heterocycles. The van der Waals surface area contributed by atoms with Crippen molar-refractivity contribution in [3.05, 3.63) is 35.4 Å². The number of hydrogen-bond donors (Lipinski definition) is 2. The van der Waals surface area contributed by atoms with Crippen molar-refractivity contribution in [1.82, 2.24) is 5.32 Å². The fourth-order valence-electron chi connectivity index (χ4n) is 2.16. The van der Waals surface area contributed by atoms with Gasteiger partial charge >= 0.3 is 0 Å². The SMILES string of the molecule is CN=C(N)NCc1cccc(COC2CCOCC2)c1.I. The van der Waals surface area contributed by atoms with Crippen LogP contribution in [0.2, 0.25) is 0 Å². The molecule has 1 heterocycles. The van der Waals surface area contributed by atoms with Crippen molar-refractivity contribution in [2.75, 3.05) is 20.3 Å². The minimum atomic E-state index is 0. The maximum Gasteiger partial charge on any atom is 0.188 e. The van der Waals surface area contributed by atoms with Gasteiger partial charge in [-0.3, -0.25) is 4.99 Å². The van der Waals surface area contributed by atoms with Crippen LogP contribution < -0.4 is 11.1 Å². The molecule has 1 fully saturated rings. The van der Waals surface area contributed by atoms with Crippen LogP contribution in [0.4, 0.5) is 0 Å². The fraction of sp³-hybridized carbons (Fsp3) is 0.533. The molecule has 0 amide bonds. The Morgan fingerprint density at radius 1 is 1.38 bits per heavy atom. The molecule has 118 valence electrons. The van der Waals surface area contributed by atoms with Crippen molar-refractivity contribution >= 4 is 29.9 Å². The van der Waals surface area contributed by atoms with Gasteiger partial charge in [0.15, 0.2) is 5.96 Å². The fourth-order valence-corrected chi connectivity index (χ4v) is 2.16. The van der Waals surface area contributed by atoms with E-state index in [4.69, 9.17) is 15.2 Å². The van der Waals surface area contributed by atoms with Crippen LogP contribution in [0.1, 0.15) is 24.0 Å². The largest absolute Gasteiger partial charge is 0.381 e. The third kappa shape index (κ3) is 6.62. The van der Waals surface area contributed by atoms with Crippen LogP contribution in [-0.2, 0) is 22.6 Å². The van der Waals surface area contributed by atoms with Crippen LogP contribution in [0.3, 0.4) is 0 Å². The lowest BCUT2D eigenvalue weighted by Crippen LogP contribution is -2.30. The molecule has 6 heteroatoms. The average molecular weight is 405 g/mol. The minimum Gasteiger partial charge on any atom is -0.381 e. The number of nitrogens with zero attached hydrogens (tertiary/aromatic N) is 1. The first-order chi connectivity index (χ1) is 9.78. The first kappa shape index (κ1) is 18.2. The van der Waals surface area contributed by atoms with Crippen molar-refractivity contribution in [1.29, 1.82) is 0 Å². The summed E-state index contributed by atoms with van der Waals surface area (Å²) in [7, 11) is 1.67. The monoisotopic (exact) mass is 405 g/mol. The molecule has 1 aromatic rings. The van der Waals surface area contributed by atoms with E-state index in [9.17, 15) is 0 Å². The van der Waals surface area contributed by atoms with E-state index in [1.165, 1.54) is 11.1 Å². The molecular weight excluding hydrogens is 381 g/mol. The summed E-state index contributed by atoms with van der Waals surface area (Å²) in [5, 5.41) is 3.05. The lowest BCUT2D eigenvalue weighted by atomic mass is 10.1. The van der Waals surface area contributed by atoms with E-state index in [0.29, 0.717) is 25.2 Å². The first-order valence-electron chi connectivity index (χ1n) is 7.01. The summed E-state index contributed by atoms with van der Waals surface area (Å²) in [5.41, 5.74) is 7.97. The zero-order valence-corrected chi connectivity index (χ0v) is 14.7. The van der Waals surface area contributed by atoms with Gasteiger partial charge in [-0.25, -0.2) is 0 Å². The molecule has 1 aliphatic rings. The number of nitrogens with one attached hydrogen (secondary N) is 1. The Balaban J connectivity index is 0.00000220. The van der Waals surface area contributed by atoms with Crippen LogP contribution >= 0.6 is 24.0 Å². The lowest BCUT2D eigenvalue weighted by Gasteiger charge is -2.22. The molecule has 0 radical (unpaired) electrons. The van der Waals surface area contributed by atoms with Crippen LogP contribution in [-0.4, -0.2) is 32.3 Å². The third-order valence-electron chi connectivity index (χ3n) is 3.36. The third-order valence-corrected chi connectivity index (χ3v) is 3.36. The average Bonchev–Trinajstić information content (AvgIpc) is 2.52. The summed E-state index contributed by atoms with van der Waals surface area (Å²) in [6, 6.07) is 8.32. The van der Waals surface area contributed by atoms with E-state index in [1.54, 1.807) is 7.05 Å². The van der Waals surface area contributed by atoms with Gasteiger partial charge in [-0.05, 0) is 24.0 Å². The maximum atomic E-state index is 5.92. The van der Waals surface area contributed by atoms with E-state index in [2.05, 4.69) is 28.5 Å². The zero-order chi connectivity index (χ0) is 14.2. The highest BCUT2D eigenvalue weighted by Crippen LogP contribution is 2.14. The van der Waals surface area contributed by atoms with Gasteiger partial charge in [0.25, 0.3) is 0 Å². The number of benzene rings is 1. The first-order valence-corrected chi connectivity index (χ1v) is 7.01. The molecule has 0 spiro atoms. The second-order valence-corrected chi connectivity index (χ2v) is 4.91. The predicted octanol–water partition coefficient (Wildman–Crippen LogP) is 2.03. The zero-order valence-electron chi connectivity index (χ0n) is 12.4. The van der Waals surface area contributed by atoms with Gasteiger partial charge in [0.05, 0.1) is 12.7 Å². The maximum absolute atomic E-state index is 5.92. The van der Waals surface area contributed by atoms with E-state index >= 15 is 0 Å². The summed E-state index contributed by atoms with van der Waals surface area (Å²) < 4.78 is 11.2. The van der Waals surface area contributed by atoms with Gasteiger partial charge in [-0.15, -0.1) is 24.0 Å². The van der Waals surface area contributed by atoms with Crippen molar-refractivity contribution < 1.29 is 9.47 Å². The van der Waals surface area contributed by atoms with Crippen LogP contribution in [0.5, 0.6) is 0 Å². The van der Waals surface area contributed by atoms with Crippen LogP contribution in [0.15, 0.2) is 29.3 Å². The number of rotatable bonds is 5. The van der Waals surface area contributed by atoms with Gasteiger partial charge in [0, 0.05) is 26.8 Å². The van der Waals surface area contributed by atoms with Gasteiger partial charge in [-0.2, -0.15) is 0 Å². The molecule has 5 nitrogen and oxygen atoms in total. The van der Waals surface area contributed by atoms with E-state index in [1.807, 2.05) is 6.07 Å². The van der Waals surface area contributed by atoms with Crippen molar-refractivity contribution in [2.45, 2.75) is 32.1 Å². The Morgan fingerprint density at radius 3 is 2.81 bits per heavy atom. The number of guanidine groups is 1. The highest BCUT2D eigenvalue weighted by atomic mass is 127. The molecular formula is C15H24IN3O2. The smallest absolute Gasteiger partial charge is 0.188 e. The molecule has 0 aliphatic carbocycles. The number of nitrogens with two attached hydrogens (primary N) is 1. The summed E-state index contributed by atoms with van der Waals surface area (Å²) in [6.45, 7) is 2.94. The molecule has 0 saturated carbocycles. The molecule has 21 heavy (non-hydrogen) atoms. The van der Waals surface area contributed by atoms with Gasteiger partial charge in [-0.1, -0.05) is 24.3 Å². The minimum absolute atomic E-state index is 0. The molecule has 0 bridgehead atoms. The lowest BCUT2D eigenvalue weighted by molar-refractivity contribution is -0.0390. The van der Waals surface area contributed by atoms with Crippen LogP contribution in [0.25, 0.3) is 0 Å². The highest BCUT2D eigenvalue weighted by molar-refractivity contribution is 14.0. The molecule has 0 unspecified atom stereocenters. The number of hydrogen-bond acceptors (Lipinski definition) is 3. The predicted molar refractivity (Wildman–Crippen MR) is 94.9 cm³/mol. The Morgan fingerprint density at radius 2 is 2.10 bits per heavy atom. The summed E-state index contributed by atoms with van der Waals surface area (Å²) in [5.74, 6) is 0.453. The van der Waals surface area contributed by atoms with Gasteiger partial charge in [0.1, 0.15) is 0 Å². The molecule has 1 aliphatic heterocycles. The van der Waals surface area contributed by atoms with E-state index in [-0.39, 0.29) is 24.0 Å². The number of aliphatic imine (C=N–C) groups is 1. The molecule has 1 aromatic carbocycles. The molecule has 1 saturated heterocycles. The normalized spacial score (nSPS) is 16.3. The van der Waals surface area contributed by atoms with E-state index in [0.717, 1.165) is 26.1 Å². The molecule has 2 rings (SSSR count). The molecule has 3 N–H and O–H groups in total. The Kier molecular flexibility index (Phi) is 8.63. The molecule has 0 atom stereocenters. The Labute approximate surface area is 143 Å². The number of halogens is 1. The van der Waals surface area contributed by atoms with Crippen LogP contribution in [0, 0.1) is 0 Å². The summed E-state index contributed by atoms with van der Waals surface area (Å²) in [6.07, 6.45) is 2.31. The Hall–Kier alpha value is -0.860. The van der Waals surface area contributed by atoms with E-state index < -0.39 is 0 Å². The van der Waals surface area contributed by atoms with Crippen molar-refractivity contribution in [2.24, 2.45) is 10.7 Å². The quantitative estimate of drug-likeness (QED) is 0.447. The second-order valence-electron chi connectivity index (χ2n) is 4.91. The van der Waals surface area contributed by atoms with Crippen molar-refractivity contribution in [3.63, 3.8) is 0 Å². The highest BCUT2D eigenvalue weighted by Gasteiger charge is 2.13. The van der Waals surface area contributed by atoms with Crippen molar-refractivity contribution in [3.8, 4) is 0 Å². The number of ether oxygens (including phenoxy) is 2. The van der Waals surface area contributed by atoms with Gasteiger partial charge < -0.3 is 20.5 Å². The standard InChI is InChI=1S/C15H23N3O2.HI/c1-17-15(16)18-10-12-3-2-4-13(9-12)11-20-14-5-7-19-8-6-14;/h2-4,9,14H,5-8,10-11H2,1H3,(H3,16,17,18);1H. The summed E-state index contributed by atoms with van der Waals surface area (Å²) in [4.78, 5) is 3.87.